The van der Waals surface area contributed by atoms with Gasteiger partial charge in [-0.2, -0.15) is 8.42 Å². The van der Waals surface area contributed by atoms with Gasteiger partial charge in [0, 0.05) is 6.42 Å². The van der Waals surface area contributed by atoms with Gasteiger partial charge in [0.05, 0.1) is 12.8 Å². The van der Waals surface area contributed by atoms with E-state index < -0.39 is 41.1 Å². The summed E-state index contributed by atoms with van der Waals surface area (Å²) in [7, 11) is -4.81. The number of aliphatic carboxylic acids is 2. The van der Waals surface area contributed by atoms with Crippen LogP contribution in [0.3, 0.4) is 0 Å². The van der Waals surface area contributed by atoms with E-state index >= 15 is 0 Å². The van der Waals surface area contributed by atoms with Gasteiger partial charge in [-0.1, -0.05) is 58.3 Å². The monoisotopic (exact) mass is 398 g/mol. The third kappa shape index (κ3) is 27.2. The van der Waals surface area contributed by atoms with E-state index in [9.17, 15) is 22.8 Å². The van der Waals surface area contributed by atoms with Crippen molar-refractivity contribution in [3.05, 3.63) is 0 Å². The summed E-state index contributed by atoms with van der Waals surface area (Å²) in [5.74, 6) is -3.23. The lowest BCUT2D eigenvalue weighted by atomic mass is 10.1. The van der Waals surface area contributed by atoms with Gasteiger partial charge in [0.2, 0.25) is 0 Å². The Labute approximate surface area is 154 Å². The van der Waals surface area contributed by atoms with Gasteiger partial charge >= 0.3 is 28.3 Å². The van der Waals surface area contributed by atoms with E-state index in [4.69, 9.17) is 14.8 Å². The maximum Gasteiger partial charge on any atom is 0.448 e. The van der Waals surface area contributed by atoms with E-state index in [0.29, 0.717) is 6.42 Å². The molecule has 9 nitrogen and oxygen atoms in total. The first kappa shape index (κ1) is 26.5. The van der Waals surface area contributed by atoms with Crippen LogP contribution in [-0.2, 0) is 29.0 Å². The molecule has 0 saturated heterocycles. The molecule has 0 aromatic carbocycles. The fraction of sp³-hybridized carbons (Fsp3) is 0.812. The minimum absolute atomic E-state index is 0.343. The summed E-state index contributed by atoms with van der Waals surface area (Å²) in [4.78, 5) is 30.4. The number of carboxylic acids is 2. The Balaban J connectivity index is 0. The zero-order valence-corrected chi connectivity index (χ0v) is 16.0. The van der Waals surface area contributed by atoms with Gasteiger partial charge in [-0.05, 0) is 6.42 Å². The molecule has 0 amide bonds. The average Bonchev–Trinajstić information content (AvgIpc) is 2.50. The van der Waals surface area contributed by atoms with E-state index in [1.807, 2.05) is 0 Å². The van der Waals surface area contributed by atoms with Crippen LogP contribution in [0.25, 0.3) is 0 Å². The minimum Gasteiger partial charge on any atom is -0.481 e. The quantitative estimate of drug-likeness (QED) is 0.295. The predicted octanol–water partition coefficient (Wildman–Crippen LogP) is 3.19. The molecule has 0 saturated carbocycles. The maximum atomic E-state index is 10.3. The van der Waals surface area contributed by atoms with Crippen molar-refractivity contribution in [1.29, 1.82) is 0 Å². The molecule has 0 rings (SSSR count). The van der Waals surface area contributed by atoms with Crippen LogP contribution in [0, 0.1) is 0 Å². The topological polar surface area (TPSA) is 155 Å². The third-order valence-corrected chi connectivity index (χ3v) is 3.63. The van der Waals surface area contributed by atoms with Gasteiger partial charge in [0.15, 0.2) is 0 Å². The molecule has 154 valence electrons. The van der Waals surface area contributed by atoms with Crippen molar-refractivity contribution in [1.82, 2.24) is 0 Å². The fourth-order valence-electron chi connectivity index (χ4n) is 1.96. The number of carbonyl (C=O) groups excluding carboxylic acids is 1. The second-order valence-electron chi connectivity index (χ2n) is 5.75. The number of hydrogen-bond donors (Lipinski definition) is 3. The first-order valence-corrected chi connectivity index (χ1v) is 10.1. The van der Waals surface area contributed by atoms with E-state index in [2.05, 4.69) is 11.1 Å². The van der Waals surface area contributed by atoms with Crippen molar-refractivity contribution in [2.45, 2.75) is 84.0 Å². The summed E-state index contributed by atoms with van der Waals surface area (Å²) in [5.41, 5.74) is 0. The van der Waals surface area contributed by atoms with Crippen LogP contribution < -0.4 is 0 Å². The van der Waals surface area contributed by atoms with Crippen LogP contribution in [0.4, 0.5) is 0 Å². The molecule has 0 fully saturated rings. The molecule has 0 radical (unpaired) electrons. The summed E-state index contributed by atoms with van der Waals surface area (Å²) in [6, 6.07) is 0. The average molecular weight is 398 g/mol. The number of rotatable bonds is 14. The lowest BCUT2D eigenvalue weighted by Crippen LogP contribution is -2.12. The van der Waals surface area contributed by atoms with Crippen LogP contribution >= 0.6 is 0 Å². The molecular weight excluding hydrogens is 368 g/mol. The highest BCUT2D eigenvalue weighted by molar-refractivity contribution is 7.81. The van der Waals surface area contributed by atoms with Gasteiger partial charge in [0.25, 0.3) is 0 Å². The minimum atomic E-state index is -4.81. The highest BCUT2D eigenvalue weighted by Crippen LogP contribution is 2.10. The van der Waals surface area contributed by atoms with Gasteiger partial charge in [-0.25, -0.2) is 0 Å². The van der Waals surface area contributed by atoms with Crippen LogP contribution in [0.1, 0.15) is 84.0 Å². The van der Waals surface area contributed by atoms with Crippen molar-refractivity contribution in [3.63, 3.8) is 0 Å². The summed E-state index contributed by atoms with van der Waals surface area (Å²) in [5, 5.41) is 16.5. The van der Waals surface area contributed by atoms with Crippen LogP contribution in [0.15, 0.2) is 0 Å². The first-order valence-electron chi connectivity index (χ1n) is 8.71. The highest BCUT2D eigenvalue weighted by atomic mass is 32.3. The van der Waals surface area contributed by atoms with Gasteiger partial charge in [0.1, 0.15) is 0 Å². The maximum absolute atomic E-state index is 10.3. The molecule has 0 unspecified atom stereocenters. The Morgan fingerprint density at radius 3 is 1.54 bits per heavy atom. The largest absolute Gasteiger partial charge is 0.481 e. The Kier molecular flexibility index (Phi) is 17.1. The SMILES string of the molecule is CCCCCCCCCCCC(=O)O.O=C(O)CCC(=O)OS(=O)(=O)O. The molecule has 0 aromatic rings. The van der Waals surface area contributed by atoms with Crippen molar-refractivity contribution in [3.8, 4) is 0 Å². The molecule has 0 atom stereocenters. The molecule has 0 aliphatic carbocycles. The molecule has 0 aliphatic rings. The van der Waals surface area contributed by atoms with E-state index in [-0.39, 0.29) is 0 Å². The number of hydrogen-bond acceptors (Lipinski definition) is 6. The summed E-state index contributed by atoms with van der Waals surface area (Å²) in [6.07, 6.45) is 10.3. The van der Waals surface area contributed by atoms with Crippen molar-refractivity contribution >= 4 is 28.3 Å². The van der Waals surface area contributed by atoms with E-state index in [1.165, 1.54) is 44.9 Å². The van der Waals surface area contributed by atoms with E-state index in [0.717, 1.165) is 12.8 Å². The van der Waals surface area contributed by atoms with Gasteiger partial charge < -0.3 is 14.4 Å². The van der Waals surface area contributed by atoms with Crippen LogP contribution in [0.2, 0.25) is 0 Å². The summed E-state index contributed by atoms with van der Waals surface area (Å²) >= 11 is 0. The second kappa shape index (κ2) is 16.8. The van der Waals surface area contributed by atoms with Crippen LogP contribution in [-0.4, -0.2) is 41.1 Å². The molecule has 0 aromatic heterocycles. The van der Waals surface area contributed by atoms with Crippen molar-refractivity contribution < 1.29 is 41.8 Å². The zero-order chi connectivity index (χ0) is 20.4. The lowest BCUT2D eigenvalue weighted by Gasteiger charge is -2.00. The standard InChI is InChI=1S/C12H24O2.C4H6O7S/c1-2-3-4-5-6-7-8-9-10-11-12(13)14;5-3(6)1-2-4(7)11-12(8,9)10/h2-11H2,1H3,(H,13,14);1-2H2,(H,5,6)(H,8,9,10). The highest BCUT2D eigenvalue weighted by Gasteiger charge is 2.13. The smallest absolute Gasteiger partial charge is 0.448 e. The molecular formula is C16H30O9S. The first-order chi connectivity index (χ1) is 12.1. The molecule has 0 aliphatic heterocycles. The van der Waals surface area contributed by atoms with Crippen molar-refractivity contribution in [2.24, 2.45) is 0 Å². The Morgan fingerprint density at radius 2 is 1.15 bits per heavy atom. The predicted molar refractivity (Wildman–Crippen MR) is 94.0 cm³/mol. The summed E-state index contributed by atoms with van der Waals surface area (Å²) < 4.78 is 31.1. The molecule has 0 heterocycles. The number of unbranched alkanes of at least 4 members (excludes halogenated alkanes) is 8. The third-order valence-electron chi connectivity index (χ3n) is 3.24. The van der Waals surface area contributed by atoms with E-state index in [1.54, 1.807) is 0 Å². The van der Waals surface area contributed by atoms with Gasteiger partial charge in [-0.15, -0.1) is 0 Å². The number of carboxylic acid groups (broad SMARTS) is 2. The molecule has 26 heavy (non-hydrogen) atoms. The Morgan fingerprint density at radius 1 is 0.731 bits per heavy atom. The summed E-state index contributed by atoms with van der Waals surface area (Å²) in [6.45, 7) is 2.23. The van der Waals surface area contributed by atoms with Gasteiger partial charge in [-0.3, -0.25) is 18.9 Å². The molecule has 10 heteroatoms. The molecule has 0 spiro atoms. The lowest BCUT2D eigenvalue weighted by molar-refractivity contribution is -0.142. The Hall–Kier alpha value is -1.68. The fourth-order valence-corrected chi connectivity index (χ4v) is 2.27. The zero-order valence-electron chi connectivity index (χ0n) is 15.2. The normalized spacial score (nSPS) is 10.5. The second-order valence-corrected chi connectivity index (χ2v) is 6.77. The van der Waals surface area contributed by atoms with Crippen molar-refractivity contribution in [2.75, 3.05) is 0 Å². The number of carbonyl (C=O) groups is 3. The molecule has 0 bridgehead atoms. The molecule has 3 N–H and O–H groups in total. The Bertz CT molecular complexity index is 500. The van der Waals surface area contributed by atoms with Crippen LogP contribution in [0.5, 0.6) is 0 Å².